The molecule has 1 fully saturated rings. The number of nitrogens with two attached hydrogens (primary N) is 1. The van der Waals surface area contributed by atoms with E-state index < -0.39 is 10.0 Å². The second-order valence-corrected chi connectivity index (χ2v) is 7.83. The molecule has 0 spiro atoms. The van der Waals surface area contributed by atoms with Crippen LogP contribution in [0.1, 0.15) is 38.5 Å². The number of sulfonamides is 1. The van der Waals surface area contributed by atoms with Gasteiger partial charge in [-0.2, -0.15) is 0 Å². The number of carbonyl (C=O) groups excluding carboxylic acids is 1. The summed E-state index contributed by atoms with van der Waals surface area (Å²) in [6, 6.07) is 4.48. The summed E-state index contributed by atoms with van der Waals surface area (Å²) in [5.74, 6) is 0.433. The lowest BCUT2D eigenvalue weighted by atomic mass is 9.87. The smallest absolute Gasteiger partial charge is 0.239 e. The van der Waals surface area contributed by atoms with Crippen molar-refractivity contribution < 1.29 is 13.2 Å². The molecule has 1 aliphatic carbocycles. The minimum Gasteiger partial charge on any atom is -0.326 e. The van der Waals surface area contributed by atoms with E-state index in [0.717, 1.165) is 12.8 Å². The molecule has 0 heterocycles. The van der Waals surface area contributed by atoms with Crippen LogP contribution in [-0.4, -0.2) is 14.3 Å². The molecule has 1 aromatic rings. The van der Waals surface area contributed by atoms with Crippen LogP contribution in [0.3, 0.4) is 0 Å². The Morgan fingerprint density at radius 1 is 1.29 bits per heavy atom. The summed E-state index contributed by atoms with van der Waals surface area (Å²) in [5.41, 5.74) is 0.565. The summed E-state index contributed by atoms with van der Waals surface area (Å²) in [7, 11) is -3.76. The quantitative estimate of drug-likeness (QED) is 0.848. The summed E-state index contributed by atoms with van der Waals surface area (Å²) < 4.78 is 23.0. The Morgan fingerprint density at radius 2 is 1.95 bits per heavy atom. The highest BCUT2D eigenvalue weighted by Gasteiger charge is 2.18. The van der Waals surface area contributed by atoms with Gasteiger partial charge < -0.3 is 5.32 Å². The van der Waals surface area contributed by atoms with Crippen molar-refractivity contribution in [2.45, 2.75) is 43.4 Å². The molecule has 1 saturated carbocycles. The Hall–Kier alpha value is -0.920. The number of hydrogen-bond acceptors (Lipinski definition) is 3. The number of halogens is 1. The fraction of sp³-hybridized carbons (Fsp3) is 0.500. The Kier molecular flexibility index (Phi) is 5.40. The third-order valence-corrected chi connectivity index (χ3v) is 5.61. The molecule has 116 valence electrons. The van der Waals surface area contributed by atoms with Gasteiger partial charge in [0.2, 0.25) is 15.9 Å². The summed E-state index contributed by atoms with van der Waals surface area (Å²) >= 11 is 3.16. The number of benzene rings is 1. The Bertz CT molecular complexity index is 625. The van der Waals surface area contributed by atoms with Crippen molar-refractivity contribution in [3.05, 3.63) is 22.7 Å². The third kappa shape index (κ3) is 4.79. The summed E-state index contributed by atoms with van der Waals surface area (Å²) in [4.78, 5) is 12.0. The van der Waals surface area contributed by atoms with Crippen LogP contribution < -0.4 is 10.5 Å². The maximum absolute atomic E-state index is 12.0. The second kappa shape index (κ2) is 6.89. The molecule has 0 aliphatic heterocycles. The largest absolute Gasteiger partial charge is 0.326 e. The van der Waals surface area contributed by atoms with Crippen LogP contribution in [0.4, 0.5) is 5.69 Å². The Labute approximate surface area is 133 Å². The molecule has 1 amide bonds. The highest BCUT2D eigenvalue weighted by molar-refractivity contribution is 9.10. The van der Waals surface area contributed by atoms with Gasteiger partial charge in [0.1, 0.15) is 0 Å². The molecule has 2 rings (SSSR count). The Balaban J connectivity index is 1.99. The van der Waals surface area contributed by atoms with Crippen LogP contribution in [0.2, 0.25) is 0 Å². The molecule has 0 radical (unpaired) electrons. The maximum atomic E-state index is 12.0. The molecule has 5 nitrogen and oxygen atoms in total. The lowest BCUT2D eigenvalue weighted by Gasteiger charge is -2.20. The van der Waals surface area contributed by atoms with Crippen molar-refractivity contribution in [1.82, 2.24) is 0 Å². The molecule has 0 unspecified atom stereocenters. The molecule has 0 aromatic heterocycles. The molecule has 1 aliphatic rings. The molecule has 3 N–H and O–H groups in total. The van der Waals surface area contributed by atoms with Crippen molar-refractivity contribution in [3.63, 3.8) is 0 Å². The van der Waals surface area contributed by atoms with Crippen molar-refractivity contribution in [2.75, 3.05) is 5.32 Å². The number of rotatable bonds is 4. The van der Waals surface area contributed by atoms with Crippen LogP contribution >= 0.6 is 15.9 Å². The fourth-order valence-corrected chi connectivity index (χ4v) is 4.32. The van der Waals surface area contributed by atoms with Crippen molar-refractivity contribution in [2.24, 2.45) is 11.1 Å². The molecule has 0 atom stereocenters. The lowest BCUT2D eigenvalue weighted by Crippen LogP contribution is -2.18. The van der Waals surface area contributed by atoms with Crippen molar-refractivity contribution >= 4 is 37.5 Å². The molecule has 21 heavy (non-hydrogen) atoms. The first-order chi connectivity index (χ1) is 9.86. The first-order valence-electron chi connectivity index (χ1n) is 6.98. The summed E-state index contributed by atoms with van der Waals surface area (Å²) in [6.45, 7) is 0. The predicted molar refractivity (Wildman–Crippen MR) is 85.3 cm³/mol. The molecule has 1 aromatic carbocycles. The molecule has 0 saturated heterocycles. The van der Waals surface area contributed by atoms with E-state index in [2.05, 4.69) is 21.2 Å². The van der Waals surface area contributed by atoms with Crippen LogP contribution in [0.15, 0.2) is 27.6 Å². The average Bonchev–Trinajstić information content (AvgIpc) is 2.38. The van der Waals surface area contributed by atoms with Gasteiger partial charge in [0.15, 0.2) is 0 Å². The minimum absolute atomic E-state index is 0.00720. The monoisotopic (exact) mass is 374 g/mol. The van der Waals surface area contributed by atoms with E-state index in [0.29, 0.717) is 22.5 Å². The van der Waals surface area contributed by atoms with E-state index >= 15 is 0 Å². The van der Waals surface area contributed by atoms with E-state index in [1.54, 1.807) is 12.1 Å². The van der Waals surface area contributed by atoms with Gasteiger partial charge in [-0.3, -0.25) is 4.79 Å². The van der Waals surface area contributed by atoms with Gasteiger partial charge in [0.25, 0.3) is 0 Å². The Morgan fingerprint density at radius 3 is 2.52 bits per heavy atom. The number of amides is 1. The van der Waals surface area contributed by atoms with Gasteiger partial charge in [-0.25, -0.2) is 13.6 Å². The zero-order chi connectivity index (χ0) is 15.5. The van der Waals surface area contributed by atoms with Gasteiger partial charge in [-0.15, -0.1) is 0 Å². The van der Waals surface area contributed by atoms with Crippen LogP contribution in [0, 0.1) is 5.92 Å². The van der Waals surface area contributed by atoms with Crippen LogP contribution in [0.5, 0.6) is 0 Å². The summed E-state index contributed by atoms with van der Waals surface area (Å²) in [6.07, 6.45) is 6.41. The van der Waals surface area contributed by atoms with Gasteiger partial charge in [-0.1, -0.05) is 19.3 Å². The first-order valence-corrected chi connectivity index (χ1v) is 9.32. The van der Waals surface area contributed by atoms with Crippen molar-refractivity contribution in [3.8, 4) is 0 Å². The maximum Gasteiger partial charge on any atom is 0.239 e. The van der Waals surface area contributed by atoms with Gasteiger partial charge in [0, 0.05) is 16.6 Å². The van der Waals surface area contributed by atoms with Gasteiger partial charge >= 0.3 is 0 Å². The van der Waals surface area contributed by atoms with Gasteiger partial charge in [0.05, 0.1) is 4.90 Å². The van der Waals surface area contributed by atoms with Crippen molar-refractivity contribution in [1.29, 1.82) is 0 Å². The summed E-state index contributed by atoms with van der Waals surface area (Å²) in [5, 5.41) is 7.89. The number of carbonyl (C=O) groups is 1. The fourth-order valence-electron chi connectivity index (χ4n) is 2.67. The highest BCUT2D eigenvalue weighted by atomic mass is 79.9. The average molecular weight is 375 g/mol. The van der Waals surface area contributed by atoms with E-state index in [9.17, 15) is 13.2 Å². The minimum atomic E-state index is -3.76. The second-order valence-electron chi connectivity index (χ2n) is 5.45. The topological polar surface area (TPSA) is 89.3 Å². The van der Waals surface area contributed by atoms with Crippen LogP contribution in [0.25, 0.3) is 0 Å². The molecular formula is C14H19BrN2O3S. The molecule has 0 bridgehead atoms. The number of anilines is 1. The SMILES string of the molecule is NS(=O)(=O)c1ccc(NC(=O)CC2CCCCC2)cc1Br. The van der Waals surface area contributed by atoms with Crippen LogP contribution in [-0.2, 0) is 14.8 Å². The van der Waals surface area contributed by atoms with E-state index in [-0.39, 0.29) is 10.8 Å². The first kappa shape index (κ1) is 16.5. The molecular weight excluding hydrogens is 356 g/mol. The zero-order valence-electron chi connectivity index (χ0n) is 11.6. The normalized spacial score (nSPS) is 16.7. The number of hydrogen-bond donors (Lipinski definition) is 2. The zero-order valence-corrected chi connectivity index (χ0v) is 14.0. The van der Waals surface area contributed by atoms with Gasteiger partial charge in [-0.05, 0) is 52.9 Å². The van der Waals surface area contributed by atoms with E-state index in [1.807, 2.05) is 0 Å². The van der Waals surface area contributed by atoms with E-state index in [4.69, 9.17) is 5.14 Å². The highest BCUT2D eigenvalue weighted by Crippen LogP contribution is 2.28. The third-order valence-electron chi connectivity index (χ3n) is 3.72. The number of nitrogens with one attached hydrogen (secondary N) is 1. The van der Waals surface area contributed by atoms with E-state index in [1.165, 1.54) is 25.3 Å². The molecule has 7 heteroatoms. The lowest BCUT2D eigenvalue weighted by molar-refractivity contribution is -0.117. The predicted octanol–water partition coefficient (Wildman–Crippen LogP) is 3.01. The standard InChI is InChI=1S/C14H19BrN2O3S/c15-12-9-11(6-7-13(12)21(16,19)20)17-14(18)8-10-4-2-1-3-5-10/h6-7,9-10H,1-5,8H2,(H,17,18)(H2,16,19,20). The number of primary sulfonamides is 1.